The number of alkyl halides is 1. The zero-order chi connectivity index (χ0) is 6.69. The molecule has 0 aromatic carbocycles. The molecule has 4 heteroatoms. The van der Waals surface area contributed by atoms with Crippen molar-refractivity contribution >= 4 is 12.4 Å². The Balaban J connectivity index is 0.000000810. The average Bonchev–Trinajstić information content (AvgIpc) is 2.17. The molecule has 1 aliphatic heterocycles. The highest BCUT2D eigenvalue weighted by Gasteiger charge is 2.20. The summed E-state index contributed by atoms with van der Waals surface area (Å²) in [6.07, 6.45) is 0.0940. The van der Waals surface area contributed by atoms with Crippen LogP contribution >= 0.6 is 12.4 Å². The van der Waals surface area contributed by atoms with Crippen molar-refractivity contribution in [2.75, 3.05) is 26.2 Å². The van der Waals surface area contributed by atoms with Crippen LogP contribution in [-0.2, 0) is 0 Å². The maximum Gasteiger partial charge on any atom is 0.114 e. The molecule has 0 radical (unpaired) electrons. The summed E-state index contributed by atoms with van der Waals surface area (Å²) in [5.41, 5.74) is 5.29. The van der Waals surface area contributed by atoms with Crippen molar-refractivity contribution in [2.45, 2.75) is 12.6 Å². The molecule has 1 fully saturated rings. The molecule has 1 rings (SSSR count). The van der Waals surface area contributed by atoms with Crippen LogP contribution in [0.5, 0.6) is 0 Å². The van der Waals surface area contributed by atoms with Crippen molar-refractivity contribution in [2.24, 2.45) is 5.73 Å². The van der Waals surface area contributed by atoms with Crippen LogP contribution in [0.4, 0.5) is 4.39 Å². The quantitative estimate of drug-likeness (QED) is 0.648. The van der Waals surface area contributed by atoms with Gasteiger partial charge >= 0.3 is 0 Å². The van der Waals surface area contributed by atoms with Crippen molar-refractivity contribution in [1.82, 2.24) is 4.90 Å². The third-order valence-corrected chi connectivity index (χ3v) is 1.66. The van der Waals surface area contributed by atoms with Gasteiger partial charge in [-0.2, -0.15) is 0 Å². The van der Waals surface area contributed by atoms with E-state index in [0.717, 1.165) is 13.1 Å². The predicted molar refractivity (Wildman–Crippen MR) is 42.3 cm³/mol. The molecule has 1 atom stereocenters. The van der Waals surface area contributed by atoms with Crippen LogP contribution in [0.25, 0.3) is 0 Å². The van der Waals surface area contributed by atoms with Crippen molar-refractivity contribution < 1.29 is 4.39 Å². The van der Waals surface area contributed by atoms with E-state index in [1.807, 2.05) is 0 Å². The smallest absolute Gasteiger partial charge is 0.114 e. The second kappa shape index (κ2) is 4.88. The van der Waals surface area contributed by atoms with Gasteiger partial charge in [0.05, 0.1) is 0 Å². The number of rotatable bonds is 2. The molecule has 62 valence electrons. The SMILES string of the molecule is Cl.NCCN1CC[C@H](F)C1. The van der Waals surface area contributed by atoms with Gasteiger partial charge in [-0.15, -0.1) is 12.4 Å². The first-order valence-electron chi connectivity index (χ1n) is 3.39. The van der Waals surface area contributed by atoms with Gasteiger partial charge in [0.25, 0.3) is 0 Å². The normalized spacial score (nSPS) is 26.4. The summed E-state index contributed by atoms with van der Waals surface area (Å²) in [5, 5.41) is 0. The van der Waals surface area contributed by atoms with E-state index >= 15 is 0 Å². The molecule has 2 N–H and O–H groups in total. The molecule has 0 aromatic heterocycles. The van der Waals surface area contributed by atoms with E-state index in [1.165, 1.54) is 0 Å². The molecule has 1 saturated heterocycles. The van der Waals surface area contributed by atoms with Crippen LogP contribution < -0.4 is 5.73 Å². The van der Waals surface area contributed by atoms with E-state index in [0.29, 0.717) is 19.5 Å². The molecule has 1 aliphatic rings. The minimum atomic E-state index is -0.600. The standard InChI is InChI=1S/C6H13FN2.ClH/c7-6-1-3-9(5-6)4-2-8;/h6H,1-5,8H2;1H/t6-;/m0./s1. The Bertz CT molecular complexity index is 89.8. The number of halogens is 2. The molecule has 0 aliphatic carbocycles. The van der Waals surface area contributed by atoms with Gasteiger partial charge in [-0.3, -0.25) is 4.90 Å². The summed E-state index contributed by atoms with van der Waals surface area (Å²) in [4.78, 5) is 2.06. The summed E-state index contributed by atoms with van der Waals surface area (Å²) in [7, 11) is 0. The Morgan fingerprint density at radius 2 is 2.30 bits per heavy atom. The summed E-state index contributed by atoms with van der Waals surface area (Å²) in [5.74, 6) is 0. The fourth-order valence-electron chi connectivity index (χ4n) is 1.17. The number of hydrogen-bond donors (Lipinski definition) is 1. The van der Waals surface area contributed by atoms with Crippen LogP contribution in [0.3, 0.4) is 0 Å². The Morgan fingerprint density at radius 3 is 2.70 bits per heavy atom. The molecular formula is C6H14ClFN2. The summed E-state index contributed by atoms with van der Waals surface area (Å²) in [6, 6.07) is 0. The second-order valence-corrected chi connectivity index (χ2v) is 2.48. The van der Waals surface area contributed by atoms with Gasteiger partial charge in [0, 0.05) is 26.2 Å². The van der Waals surface area contributed by atoms with Crippen LogP contribution in [0.15, 0.2) is 0 Å². The molecule has 1 heterocycles. The lowest BCUT2D eigenvalue weighted by Gasteiger charge is -2.11. The van der Waals surface area contributed by atoms with E-state index in [9.17, 15) is 4.39 Å². The fraction of sp³-hybridized carbons (Fsp3) is 1.00. The van der Waals surface area contributed by atoms with Crippen LogP contribution in [-0.4, -0.2) is 37.3 Å². The van der Waals surface area contributed by atoms with Gasteiger partial charge in [-0.05, 0) is 6.42 Å². The van der Waals surface area contributed by atoms with Crippen molar-refractivity contribution in [1.29, 1.82) is 0 Å². The lowest BCUT2D eigenvalue weighted by molar-refractivity contribution is 0.293. The van der Waals surface area contributed by atoms with E-state index in [-0.39, 0.29) is 12.4 Å². The minimum Gasteiger partial charge on any atom is -0.329 e. The van der Waals surface area contributed by atoms with E-state index in [2.05, 4.69) is 4.90 Å². The highest BCUT2D eigenvalue weighted by molar-refractivity contribution is 5.85. The number of nitrogens with two attached hydrogens (primary N) is 1. The Hall–Kier alpha value is 0.140. The second-order valence-electron chi connectivity index (χ2n) is 2.48. The van der Waals surface area contributed by atoms with Gasteiger partial charge in [0.15, 0.2) is 0 Å². The van der Waals surface area contributed by atoms with Crippen molar-refractivity contribution in [3.8, 4) is 0 Å². The van der Waals surface area contributed by atoms with Gasteiger partial charge in [-0.25, -0.2) is 4.39 Å². The third kappa shape index (κ3) is 2.82. The first kappa shape index (κ1) is 10.1. The largest absolute Gasteiger partial charge is 0.329 e. The van der Waals surface area contributed by atoms with E-state index < -0.39 is 6.17 Å². The molecule has 0 aromatic rings. The molecule has 0 unspecified atom stereocenters. The van der Waals surface area contributed by atoms with Crippen molar-refractivity contribution in [3.63, 3.8) is 0 Å². The molecule has 0 amide bonds. The maximum atomic E-state index is 12.4. The van der Waals surface area contributed by atoms with E-state index in [4.69, 9.17) is 5.73 Å². The zero-order valence-corrected chi connectivity index (χ0v) is 6.74. The highest BCUT2D eigenvalue weighted by Crippen LogP contribution is 2.10. The third-order valence-electron chi connectivity index (χ3n) is 1.66. The van der Waals surface area contributed by atoms with Crippen molar-refractivity contribution in [3.05, 3.63) is 0 Å². The molecule has 0 saturated carbocycles. The average molecular weight is 169 g/mol. The molecule has 0 bridgehead atoms. The van der Waals surface area contributed by atoms with Gasteiger partial charge < -0.3 is 5.73 Å². The summed E-state index contributed by atoms with van der Waals surface area (Å²) >= 11 is 0. The van der Waals surface area contributed by atoms with Gasteiger partial charge in [-0.1, -0.05) is 0 Å². The molecular weight excluding hydrogens is 155 g/mol. The minimum absolute atomic E-state index is 0. The van der Waals surface area contributed by atoms with E-state index in [1.54, 1.807) is 0 Å². The predicted octanol–water partition coefficient (Wildman–Crippen LogP) is 0.411. The van der Waals surface area contributed by atoms with Crippen LogP contribution in [0, 0.1) is 0 Å². The fourth-order valence-corrected chi connectivity index (χ4v) is 1.17. The number of likely N-dealkylation sites (tertiary alicyclic amines) is 1. The Labute approximate surface area is 67.0 Å². The van der Waals surface area contributed by atoms with Gasteiger partial charge in [0.2, 0.25) is 0 Å². The Morgan fingerprint density at radius 1 is 1.60 bits per heavy atom. The highest BCUT2D eigenvalue weighted by atomic mass is 35.5. The topological polar surface area (TPSA) is 29.3 Å². The first-order valence-corrected chi connectivity index (χ1v) is 3.39. The number of hydrogen-bond acceptors (Lipinski definition) is 2. The lowest BCUT2D eigenvalue weighted by atomic mass is 10.3. The summed E-state index contributed by atoms with van der Waals surface area (Å²) < 4.78 is 12.4. The first-order chi connectivity index (χ1) is 4.33. The lowest BCUT2D eigenvalue weighted by Crippen LogP contribution is -2.27. The van der Waals surface area contributed by atoms with Crippen LogP contribution in [0.1, 0.15) is 6.42 Å². The van der Waals surface area contributed by atoms with Crippen LogP contribution in [0.2, 0.25) is 0 Å². The number of nitrogens with zero attached hydrogens (tertiary/aromatic N) is 1. The Kier molecular flexibility index (Phi) is 4.95. The molecule has 10 heavy (non-hydrogen) atoms. The summed E-state index contributed by atoms with van der Waals surface area (Å²) in [6.45, 7) is 2.97. The monoisotopic (exact) mass is 168 g/mol. The maximum absolute atomic E-state index is 12.4. The molecule has 0 spiro atoms. The zero-order valence-electron chi connectivity index (χ0n) is 5.92. The molecule has 2 nitrogen and oxygen atoms in total. The van der Waals surface area contributed by atoms with Gasteiger partial charge in [0.1, 0.15) is 6.17 Å².